The van der Waals surface area contributed by atoms with Crippen LogP contribution in [-0.4, -0.2) is 11.2 Å². The summed E-state index contributed by atoms with van der Waals surface area (Å²) in [6.45, 7) is 1.83. The van der Waals surface area contributed by atoms with E-state index >= 15 is 0 Å². The molecule has 68 valence electrons. The third-order valence-electron chi connectivity index (χ3n) is 1.29. The van der Waals surface area contributed by atoms with Crippen LogP contribution in [-0.2, 0) is 6.42 Å². The molecule has 0 aliphatic heterocycles. The van der Waals surface area contributed by atoms with Gasteiger partial charge in [-0.2, -0.15) is 13.2 Å². The molecular weight excluding hydrogens is 187 g/mol. The number of alkyl halides is 3. The van der Waals surface area contributed by atoms with Gasteiger partial charge in [-0.15, -0.1) is 11.3 Å². The Morgan fingerprint density at radius 3 is 2.58 bits per heavy atom. The van der Waals surface area contributed by atoms with Gasteiger partial charge in [-0.3, -0.25) is 0 Å². The lowest BCUT2D eigenvalue weighted by Crippen LogP contribution is -2.08. The summed E-state index contributed by atoms with van der Waals surface area (Å²) in [6, 6.07) is 0. The van der Waals surface area contributed by atoms with Gasteiger partial charge in [-0.1, -0.05) is 0 Å². The van der Waals surface area contributed by atoms with Crippen molar-refractivity contribution in [3.8, 4) is 0 Å². The first kappa shape index (κ1) is 9.51. The van der Waals surface area contributed by atoms with Crippen LogP contribution < -0.4 is 0 Å². The highest BCUT2D eigenvalue weighted by atomic mass is 32.1. The SMILES string of the molecule is Cc1cnc(CCC(F)(F)F)s1. The molecule has 0 fully saturated rings. The molecule has 0 N–H and O–H groups in total. The highest BCUT2D eigenvalue weighted by molar-refractivity contribution is 7.11. The third-order valence-corrected chi connectivity index (χ3v) is 2.26. The standard InChI is InChI=1S/C7H8F3NS/c1-5-4-11-6(12-5)2-3-7(8,9)10/h4H,2-3H2,1H3. The van der Waals surface area contributed by atoms with Crippen molar-refractivity contribution in [3.05, 3.63) is 16.1 Å². The van der Waals surface area contributed by atoms with Crippen LogP contribution in [0.4, 0.5) is 13.2 Å². The van der Waals surface area contributed by atoms with E-state index in [9.17, 15) is 13.2 Å². The van der Waals surface area contributed by atoms with Crippen LogP contribution in [0.5, 0.6) is 0 Å². The Bertz CT molecular complexity index is 253. The molecule has 0 aliphatic carbocycles. The van der Waals surface area contributed by atoms with E-state index in [2.05, 4.69) is 4.98 Å². The van der Waals surface area contributed by atoms with Gasteiger partial charge in [0.2, 0.25) is 0 Å². The van der Waals surface area contributed by atoms with Gasteiger partial charge < -0.3 is 0 Å². The second-order valence-corrected chi connectivity index (χ2v) is 3.80. The molecule has 0 bridgehead atoms. The highest BCUT2D eigenvalue weighted by Crippen LogP contribution is 2.23. The van der Waals surface area contributed by atoms with Crippen LogP contribution in [0.15, 0.2) is 6.20 Å². The second kappa shape index (κ2) is 3.43. The van der Waals surface area contributed by atoms with Crippen molar-refractivity contribution in [2.45, 2.75) is 25.9 Å². The molecule has 0 amide bonds. The first-order chi connectivity index (χ1) is 5.47. The molecule has 1 nitrogen and oxygen atoms in total. The maximum absolute atomic E-state index is 11.7. The van der Waals surface area contributed by atoms with E-state index in [1.807, 2.05) is 6.92 Å². The van der Waals surface area contributed by atoms with Gasteiger partial charge in [-0.25, -0.2) is 4.98 Å². The topological polar surface area (TPSA) is 12.9 Å². The van der Waals surface area contributed by atoms with E-state index in [-0.39, 0.29) is 6.42 Å². The van der Waals surface area contributed by atoms with Crippen molar-refractivity contribution < 1.29 is 13.2 Å². The summed E-state index contributed by atoms with van der Waals surface area (Å²) in [5.41, 5.74) is 0. The molecule has 0 atom stereocenters. The van der Waals surface area contributed by atoms with E-state index in [0.29, 0.717) is 5.01 Å². The fourth-order valence-electron chi connectivity index (χ4n) is 0.766. The summed E-state index contributed by atoms with van der Waals surface area (Å²) >= 11 is 1.32. The van der Waals surface area contributed by atoms with Crippen LogP contribution in [0.25, 0.3) is 0 Å². The summed E-state index contributed by atoms with van der Waals surface area (Å²) < 4.78 is 35.2. The summed E-state index contributed by atoms with van der Waals surface area (Å²) in [5, 5.41) is 0.560. The van der Waals surface area contributed by atoms with Gasteiger partial charge >= 0.3 is 6.18 Å². The van der Waals surface area contributed by atoms with Gasteiger partial charge in [0.1, 0.15) is 0 Å². The summed E-state index contributed by atoms with van der Waals surface area (Å²) in [7, 11) is 0. The average Bonchev–Trinajstić information content (AvgIpc) is 2.30. The molecule has 1 aromatic heterocycles. The summed E-state index contributed by atoms with van der Waals surface area (Å²) in [4.78, 5) is 4.79. The number of aromatic nitrogens is 1. The third kappa shape index (κ3) is 3.21. The second-order valence-electron chi connectivity index (χ2n) is 2.48. The number of nitrogens with zero attached hydrogens (tertiary/aromatic N) is 1. The lowest BCUT2D eigenvalue weighted by Gasteiger charge is -2.02. The fraction of sp³-hybridized carbons (Fsp3) is 0.571. The van der Waals surface area contributed by atoms with Gasteiger partial charge in [0, 0.05) is 23.9 Å². The Labute approximate surface area is 72.2 Å². The van der Waals surface area contributed by atoms with Crippen LogP contribution in [0, 0.1) is 6.92 Å². The van der Waals surface area contributed by atoms with Crippen molar-refractivity contribution in [2.75, 3.05) is 0 Å². The van der Waals surface area contributed by atoms with E-state index in [0.717, 1.165) is 4.88 Å². The van der Waals surface area contributed by atoms with Crippen molar-refractivity contribution >= 4 is 11.3 Å². The fourth-order valence-corrected chi connectivity index (χ4v) is 1.55. The minimum Gasteiger partial charge on any atom is -0.249 e. The largest absolute Gasteiger partial charge is 0.389 e. The molecule has 0 radical (unpaired) electrons. The molecule has 0 aromatic carbocycles. The van der Waals surface area contributed by atoms with Gasteiger partial charge in [-0.05, 0) is 6.92 Å². The van der Waals surface area contributed by atoms with Crippen LogP contribution in [0.2, 0.25) is 0 Å². The van der Waals surface area contributed by atoms with E-state index in [1.165, 1.54) is 11.3 Å². The lowest BCUT2D eigenvalue weighted by atomic mass is 10.3. The molecule has 0 saturated carbocycles. The minimum absolute atomic E-state index is 0.00199. The maximum atomic E-state index is 11.7. The maximum Gasteiger partial charge on any atom is 0.389 e. The zero-order valence-electron chi connectivity index (χ0n) is 6.48. The quantitative estimate of drug-likeness (QED) is 0.707. The Hall–Kier alpha value is -0.580. The lowest BCUT2D eigenvalue weighted by molar-refractivity contribution is -0.133. The first-order valence-corrected chi connectivity index (χ1v) is 4.27. The van der Waals surface area contributed by atoms with Crippen molar-refractivity contribution in [2.24, 2.45) is 0 Å². The molecule has 1 heterocycles. The van der Waals surface area contributed by atoms with E-state index in [4.69, 9.17) is 0 Å². The average molecular weight is 195 g/mol. The predicted octanol–water partition coefficient (Wildman–Crippen LogP) is 2.95. The van der Waals surface area contributed by atoms with E-state index in [1.54, 1.807) is 6.20 Å². The molecule has 0 saturated heterocycles. The molecular formula is C7H8F3NS. The summed E-state index contributed by atoms with van der Waals surface area (Å²) in [6.07, 6.45) is -3.25. The summed E-state index contributed by atoms with van der Waals surface area (Å²) in [5.74, 6) is 0. The number of thiazole rings is 1. The molecule has 0 aliphatic rings. The molecule has 1 rings (SSSR count). The van der Waals surface area contributed by atoms with Crippen molar-refractivity contribution in [3.63, 3.8) is 0 Å². The van der Waals surface area contributed by atoms with Gasteiger partial charge in [0.15, 0.2) is 0 Å². The highest BCUT2D eigenvalue weighted by Gasteiger charge is 2.26. The Balaban J connectivity index is 2.44. The number of halogens is 3. The number of rotatable bonds is 2. The van der Waals surface area contributed by atoms with Gasteiger partial charge in [0.05, 0.1) is 5.01 Å². The zero-order chi connectivity index (χ0) is 9.19. The minimum atomic E-state index is -4.07. The van der Waals surface area contributed by atoms with Crippen molar-refractivity contribution in [1.82, 2.24) is 4.98 Å². The molecule has 1 aromatic rings. The molecule has 12 heavy (non-hydrogen) atoms. The van der Waals surface area contributed by atoms with Gasteiger partial charge in [0.25, 0.3) is 0 Å². The Morgan fingerprint density at radius 2 is 2.17 bits per heavy atom. The first-order valence-electron chi connectivity index (χ1n) is 3.45. The Kier molecular flexibility index (Phi) is 2.72. The van der Waals surface area contributed by atoms with Crippen LogP contribution in [0.1, 0.15) is 16.3 Å². The van der Waals surface area contributed by atoms with Crippen LogP contribution >= 0.6 is 11.3 Å². The number of hydrogen-bond acceptors (Lipinski definition) is 2. The normalized spacial score (nSPS) is 12.0. The Morgan fingerprint density at radius 1 is 1.50 bits per heavy atom. The smallest absolute Gasteiger partial charge is 0.249 e. The van der Waals surface area contributed by atoms with Crippen LogP contribution in [0.3, 0.4) is 0 Å². The van der Waals surface area contributed by atoms with E-state index < -0.39 is 12.6 Å². The monoisotopic (exact) mass is 195 g/mol. The van der Waals surface area contributed by atoms with Crippen molar-refractivity contribution in [1.29, 1.82) is 0 Å². The zero-order valence-corrected chi connectivity index (χ0v) is 7.30. The molecule has 5 heteroatoms. The molecule has 0 spiro atoms. The predicted molar refractivity (Wildman–Crippen MR) is 41.2 cm³/mol. The number of aryl methyl sites for hydroxylation is 2. The molecule has 0 unspecified atom stereocenters. The number of hydrogen-bond donors (Lipinski definition) is 0.